The molecular formula is C35H59N2O3. The Morgan fingerprint density at radius 2 is 1.85 bits per heavy atom. The zero-order valence-corrected chi connectivity index (χ0v) is 26.6. The lowest BCUT2D eigenvalue weighted by molar-refractivity contribution is -0.131. The van der Waals surface area contributed by atoms with Gasteiger partial charge in [-0.2, -0.15) is 0 Å². The molecule has 0 saturated heterocycles. The number of nitrogens with zero attached hydrogens (tertiary/aromatic N) is 1. The van der Waals surface area contributed by atoms with Crippen molar-refractivity contribution in [2.75, 3.05) is 14.1 Å². The van der Waals surface area contributed by atoms with Crippen molar-refractivity contribution in [3.63, 3.8) is 0 Å². The predicted octanol–water partition coefficient (Wildman–Crippen LogP) is 6.80. The van der Waals surface area contributed by atoms with Crippen LogP contribution in [-0.2, 0) is 9.59 Å². The number of carbonyl (C=O) groups excluding carboxylic acids is 2. The molecule has 0 aliphatic heterocycles. The van der Waals surface area contributed by atoms with Gasteiger partial charge in [0, 0.05) is 12.5 Å². The molecule has 4 aliphatic rings. The van der Waals surface area contributed by atoms with Crippen LogP contribution in [0.1, 0.15) is 112 Å². The van der Waals surface area contributed by atoms with Gasteiger partial charge in [-0.05, 0) is 118 Å². The predicted molar refractivity (Wildman–Crippen MR) is 163 cm³/mol. The number of hydrogen-bond acceptors (Lipinski definition) is 4. The quantitative estimate of drug-likeness (QED) is 0.205. The van der Waals surface area contributed by atoms with Crippen molar-refractivity contribution in [1.82, 2.24) is 10.2 Å². The molecule has 3 fully saturated rings. The average Bonchev–Trinajstić information content (AvgIpc) is 3.25. The molecule has 1 radical (unpaired) electrons. The summed E-state index contributed by atoms with van der Waals surface area (Å²) in [6.07, 6.45) is 16.4. The topological polar surface area (TPSA) is 69.6 Å². The van der Waals surface area contributed by atoms with Gasteiger partial charge in [0.25, 0.3) is 0 Å². The molecule has 4 rings (SSSR count). The van der Waals surface area contributed by atoms with Gasteiger partial charge in [-0.3, -0.25) is 4.79 Å². The average molecular weight is 556 g/mol. The van der Waals surface area contributed by atoms with E-state index in [1.807, 2.05) is 6.54 Å². The second-order valence-electron chi connectivity index (χ2n) is 15.3. The maximum atomic E-state index is 12.3. The van der Waals surface area contributed by atoms with Crippen LogP contribution in [0.2, 0.25) is 0 Å². The first-order chi connectivity index (χ1) is 18.9. The Balaban J connectivity index is 1.42. The van der Waals surface area contributed by atoms with E-state index < -0.39 is 12.0 Å². The van der Waals surface area contributed by atoms with E-state index >= 15 is 0 Å². The molecule has 0 spiro atoms. The van der Waals surface area contributed by atoms with Crippen molar-refractivity contribution in [3.8, 4) is 0 Å². The largest absolute Gasteiger partial charge is 0.383 e. The number of carbonyl (C=O) groups is 2. The van der Waals surface area contributed by atoms with Crippen LogP contribution in [0.5, 0.6) is 0 Å². The third-order valence-corrected chi connectivity index (χ3v) is 12.4. The van der Waals surface area contributed by atoms with E-state index in [0.717, 1.165) is 48.3 Å². The zero-order chi connectivity index (χ0) is 29.2. The van der Waals surface area contributed by atoms with Crippen molar-refractivity contribution in [3.05, 3.63) is 18.2 Å². The highest BCUT2D eigenvalue weighted by molar-refractivity contribution is 5.83. The first-order valence-corrected chi connectivity index (χ1v) is 16.5. The lowest BCUT2D eigenvalue weighted by Crippen LogP contribution is -2.52. The number of aldehydes is 1. The minimum atomic E-state index is -1.28. The van der Waals surface area contributed by atoms with Gasteiger partial charge in [-0.15, -0.1) is 0 Å². The number of hydrogen-bond donors (Lipinski definition) is 2. The minimum Gasteiger partial charge on any atom is -0.383 e. The van der Waals surface area contributed by atoms with Gasteiger partial charge >= 0.3 is 0 Å². The number of nitrogens with one attached hydrogen (secondary N) is 1. The monoisotopic (exact) mass is 555 g/mol. The van der Waals surface area contributed by atoms with Crippen molar-refractivity contribution in [2.45, 2.75) is 124 Å². The second-order valence-corrected chi connectivity index (χ2v) is 15.3. The van der Waals surface area contributed by atoms with Gasteiger partial charge in [0.1, 0.15) is 12.4 Å². The fourth-order valence-electron chi connectivity index (χ4n) is 10.2. The second kappa shape index (κ2) is 13.0. The number of fused-ring (bicyclic) bond motifs is 5. The molecular weight excluding hydrogens is 496 g/mol. The summed E-state index contributed by atoms with van der Waals surface area (Å²) in [6.45, 7) is 14.4. The SMILES string of the molecule is CC(C)CCC[C@@H](C)[C@H]1CCC2C3CC=C4C[C@@H](C([CH]NC(=O)C(O)CC=O)N(C)C)CC[C@]4(C)C3CC[C@@]21C. The van der Waals surface area contributed by atoms with Gasteiger partial charge in [0.2, 0.25) is 5.91 Å². The molecule has 2 N–H and O–H groups in total. The summed E-state index contributed by atoms with van der Waals surface area (Å²) >= 11 is 0. The van der Waals surface area contributed by atoms with Gasteiger partial charge < -0.3 is 20.1 Å². The number of aliphatic hydroxyl groups is 1. The molecule has 3 saturated carbocycles. The number of rotatable bonds is 12. The Morgan fingerprint density at radius 1 is 1.10 bits per heavy atom. The third kappa shape index (κ3) is 6.26. The third-order valence-electron chi connectivity index (χ3n) is 12.4. The number of likely N-dealkylation sites (N-methyl/N-ethyl adjacent to an activating group) is 1. The molecule has 0 heterocycles. The van der Waals surface area contributed by atoms with Gasteiger partial charge in [-0.25, -0.2) is 0 Å². The Labute approximate surface area is 245 Å². The standard InChI is InChI=1S/C35H59N2O3/c1-23(2)9-8-10-24(3)28-13-14-29-27-12-11-26-21-25(15-18-34(26,4)30(27)16-19-35(28,29)5)31(37(6)7)22-36-33(40)32(39)17-20-38/h11,20,22-25,27-32,39H,8-10,12-19,21H2,1-7H3,(H,36,40)/t24-,25+,27?,28-,29?,30?,31?,32?,34+,35-/m1/s1. The van der Waals surface area contributed by atoms with Crippen LogP contribution in [-0.4, -0.2) is 48.4 Å². The van der Waals surface area contributed by atoms with Crippen molar-refractivity contribution in [1.29, 1.82) is 0 Å². The van der Waals surface area contributed by atoms with Crippen molar-refractivity contribution >= 4 is 12.2 Å². The van der Waals surface area contributed by atoms with E-state index in [9.17, 15) is 14.7 Å². The van der Waals surface area contributed by atoms with E-state index in [-0.39, 0.29) is 12.5 Å². The van der Waals surface area contributed by atoms with Crippen LogP contribution in [0.3, 0.4) is 0 Å². The van der Waals surface area contributed by atoms with Crippen LogP contribution in [0.4, 0.5) is 0 Å². The smallest absolute Gasteiger partial charge is 0.249 e. The Hall–Kier alpha value is -1.20. The molecule has 10 atom stereocenters. The molecule has 0 aromatic heterocycles. The maximum absolute atomic E-state index is 12.3. The van der Waals surface area contributed by atoms with Gasteiger partial charge in [0.15, 0.2) is 0 Å². The van der Waals surface area contributed by atoms with E-state index in [2.05, 4.69) is 65.0 Å². The summed E-state index contributed by atoms with van der Waals surface area (Å²) in [4.78, 5) is 25.1. The summed E-state index contributed by atoms with van der Waals surface area (Å²) in [6, 6.07) is 0.0953. The lowest BCUT2D eigenvalue weighted by atomic mass is 9.46. The zero-order valence-electron chi connectivity index (χ0n) is 26.6. The minimum absolute atomic E-state index is 0.0953. The Bertz CT molecular complexity index is 914. The molecule has 0 bridgehead atoms. The lowest BCUT2D eigenvalue weighted by Gasteiger charge is -2.59. The highest BCUT2D eigenvalue weighted by atomic mass is 16.3. The molecule has 5 heteroatoms. The van der Waals surface area contributed by atoms with E-state index in [4.69, 9.17) is 0 Å². The highest BCUT2D eigenvalue weighted by Gasteiger charge is 2.59. The van der Waals surface area contributed by atoms with Crippen LogP contribution < -0.4 is 5.32 Å². The molecule has 0 aromatic rings. The first-order valence-electron chi connectivity index (χ1n) is 16.5. The Morgan fingerprint density at radius 3 is 2.52 bits per heavy atom. The summed E-state index contributed by atoms with van der Waals surface area (Å²) in [7, 11) is 4.13. The van der Waals surface area contributed by atoms with E-state index in [1.165, 1.54) is 57.8 Å². The molecule has 4 aliphatic carbocycles. The number of allylic oxidation sites excluding steroid dienone is 2. The van der Waals surface area contributed by atoms with Gasteiger partial charge in [-0.1, -0.05) is 65.5 Å². The van der Waals surface area contributed by atoms with E-state index in [1.54, 1.807) is 5.57 Å². The van der Waals surface area contributed by atoms with Crippen molar-refractivity contribution < 1.29 is 14.7 Å². The molecule has 1 amide bonds. The molecule has 5 nitrogen and oxygen atoms in total. The van der Waals surface area contributed by atoms with Crippen molar-refractivity contribution in [2.24, 2.45) is 52.3 Å². The van der Waals surface area contributed by atoms with Gasteiger partial charge in [0.05, 0.1) is 6.54 Å². The van der Waals surface area contributed by atoms with Crippen LogP contribution >= 0.6 is 0 Å². The Kier molecular flexibility index (Phi) is 10.3. The molecule has 5 unspecified atom stereocenters. The summed E-state index contributed by atoms with van der Waals surface area (Å²) in [5.74, 6) is 5.04. The first kappa shape index (κ1) is 31.7. The van der Waals surface area contributed by atoms with Crippen LogP contribution in [0, 0.1) is 58.8 Å². The van der Waals surface area contributed by atoms with Crippen LogP contribution in [0.15, 0.2) is 11.6 Å². The van der Waals surface area contributed by atoms with E-state index in [0.29, 0.717) is 23.0 Å². The highest BCUT2D eigenvalue weighted by Crippen LogP contribution is 2.67. The number of aliphatic hydroxyl groups excluding tert-OH is 1. The fraction of sp³-hybridized carbons (Fsp3) is 0.857. The fourth-order valence-corrected chi connectivity index (χ4v) is 10.2. The molecule has 227 valence electrons. The molecule has 0 aromatic carbocycles. The summed E-state index contributed by atoms with van der Waals surface area (Å²) in [5, 5.41) is 12.7. The normalized spacial score (nSPS) is 37.6. The van der Waals surface area contributed by atoms with Crippen LogP contribution in [0.25, 0.3) is 0 Å². The number of amides is 1. The molecule has 40 heavy (non-hydrogen) atoms. The summed E-state index contributed by atoms with van der Waals surface area (Å²) in [5.41, 5.74) is 2.49. The summed E-state index contributed by atoms with van der Waals surface area (Å²) < 4.78 is 0. The maximum Gasteiger partial charge on any atom is 0.249 e.